The van der Waals surface area contributed by atoms with Crippen LogP contribution in [0.5, 0.6) is 0 Å². The number of halogens is 1. The van der Waals surface area contributed by atoms with Crippen LogP contribution in [0.3, 0.4) is 0 Å². The highest BCUT2D eigenvalue weighted by Crippen LogP contribution is 2.66. The van der Waals surface area contributed by atoms with E-state index in [0.717, 1.165) is 0 Å². The Bertz CT molecular complexity index is 826. The van der Waals surface area contributed by atoms with Gasteiger partial charge in [-0.15, -0.1) is 0 Å². The van der Waals surface area contributed by atoms with Crippen molar-refractivity contribution < 1.29 is 60.3 Å². The van der Waals surface area contributed by atoms with Crippen LogP contribution < -0.4 is 0 Å². The van der Waals surface area contributed by atoms with E-state index in [4.69, 9.17) is 38.3 Å². The Hall–Kier alpha value is -1.06. The first kappa shape index (κ1) is 26.0. The van der Waals surface area contributed by atoms with E-state index in [2.05, 4.69) is 37.9 Å². The van der Waals surface area contributed by atoms with Crippen molar-refractivity contribution in [2.45, 2.75) is 30.7 Å². The smallest absolute Gasteiger partial charge is 0.380 e. The summed E-state index contributed by atoms with van der Waals surface area (Å²) < 4.78 is 68.5. The molecule has 0 saturated carbocycles. The molecule has 1 fully saturated rings. The summed E-state index contributed by atoms with van der Waals surface area (Å²) in [6, 6.07) is -1.14. The Morgan fingerprint density at radius 1 is 1.14 bits per heavy atom. The SMILES string of the molecule is [B][C@H]1C[C@@H](OC(F)(N=[N+]=[N-])N=[N+]=[N-])C(COP(=O)(O)OP(=O)(O)OP(=O)(O)O)O1. The fourth-order valence-corrected chi connectivity index (χ4v) is 4.89. The highest BCUT2D eigenvalue weighted by Gasteiger charge is 2.44. The monoisotopic (exact) mass is 482 g/mol. The Morgan fingerprint density at radius 3 is 2.17 bits per heavy atom. The van der Waals surface area contributed by atoms with Crippen LogP contribution in [0.15, 0.2) is 10.2 Å². The average Bonchev–Trinajstić information content (AvgIpc) is 2.81. The molecule has 18 nitrogen and oxygen atoms in total. The molecule has 23 heteroatoms. The topological polar surface area (TPSA) is 276 Å². The molecule has 29 heavy (non-hydrogen) atoms. The normalized spacial score (nSPS) is 28.2. The molecule has 1 aliphatic rings. The minimum atomic E-state index is -5.74. The summed E-state index contributed by atoms with van der Waals surface area (Å²) in [7, 11) is -11.4. The largest absolute Gasteiger partial charge is 0.490 e. The third-order valence-corrected chi connectivity index (χ3v) is 6.49. The molecule has 1 aliphatic heterocycles. The molecule has 0 aromatic rings. The number of rotatable bonds is 11. The third kappa shape index (κ3) is 9.53. The van der Waals surface area contributed by atoms with Gasteiger partial charge in [0.1, 0.15) is 14.0 Å². The number of alkyl halides is 1. The average molecular weight is 482 g/mol. The minimum Gasteiger partial charge on any atom is -0.380 e. The van der Waals surface area contributed by atoms with Crippen molar-refractivity contribution in [2.24, 2.45) is 10.2 Å². The van der Waals surface area contributed by atoms with Crippen molar-refractivity contribution in [3.05, 3.63) is 20.9 Å². The van der Waals surface area contributed by atoms with E-state index < -0.39 is 54.4 Å². The van der Waals surface area contributed by atoms with Crippen LogP contribution >= 0.6 is 23.5 Å². The number of ether oxygens (including phenoxy) is 2. The maximum absolute atomic E-state index is 14.1. The fraction of sp³-hybridized carbons (Fsp3) is 1.00. The number of nitrogens with zero attached hydrogens (tertiary/aromatic N) is 6. The lowest BCUT2D eigenvalue weighted by molar-refractivity contribution is -0.184. The summed E-state index contributed by atoms with van der Waals surface area (Å²) in [6.07, 6.45) is -6.80. The number of phosphoric ester groups is 1. The van der Waals surface area contributed by atoms with Gasteiger partial charge >= 0.3 is 29.6 Å². The molecule has 2 radical (unpaired) electrons. The highest BCUT2D eigenvalue weighted by molar-refractivity contribution is 7.66. The van der Waals surface area contributed by atoms with Crippen molar-refractivity contribution in [2.75, 3.05) is 6.61 Å². The highest BCUT2D eigenvalue weighted by atomic mass is 31.3. The maximum Gasteiger partial charge on any atom is 0.490 e. The molecule has 0 aliphatic carbocycles. The second-order valence-electron chi connectivity index (χ2n) is 4.90. The first-order valence-electron chi connectivity index (χ1n) is 6.79. The standard InChI is InChI=1S/C6H11BFN6O12P3/c7-5-1-3(24-6(8,11-13-9)12-14-10)4(23-5)2-22-28(18,19)26-29(20,21)25-27(15,16)17/h3-5H,1-2H2,(H,18,19)(H,20,21)(H2,15,16,17)/t3-,4?,5-/m1/s1. The van der Waals surface area contributed by atoms with Gasteiger partial charge in [0.25, 0.3) is 0 Å². The molecule has 1 heterocycles. The zero-order valence-corrected chi connectivity index (χ0v) is 16.4. The van der Waals surface area contributed by atoms with Crippen LogP contribution in [-0.4, -0.2) is 58.3 Å². The first-order chi connectivity index (χ1) is 13.1. The van der Waals surface area contributed by atoms with Gasteiger partial charge in [-0.2, -0.15) is 13.0 Å². The Balaban J connectivity index is 2.83. The predicted octanol–water partition coefficient (Wildman–Crippen LogP) is 1.20. The quantitative estimate of drug-likeness (QED) is 0.0807. The lowest BCUT2D eigenvalue weighted by Gasteiger charge is -2.24. The summed E-state index contributed by atoms with van der Waals surface area (Å²) in [4.78, 5) is 39.4. The van der Waals surface area contributed by atoms with Gasteiger partial charge in [0.05, 0.1) is 12.7 Å². The molecule has 0 aromatic heterocycles. The van der Waals surface area contributed by atoms with Crippen LogP contribution in [-0.2, 0) is 36.3 Å². The van der Waals surface area contributed by atoms with E-state index in [-0.39, 0.29) is 6.42 Å². The fourth-order valence-electron chi connectivity index (χ4n) is 1.86. The van der Waals surface area contributed by atoms with Gasteiger partial charge in [-0.05, 0) is 27.7 Å². The second kappa shape index (κ2) is 9.83. The summed E-state index contributed by atoms with van der Waals surface area (Å²) in [5.41, 5.74) is 16.6. The summed E-state index contributed by atoms with van der Waals surface area (Å²) in [5.74, 6) is 0. The predicted molar refractivity (Wildman–Crippen MR) is 85.9 cm³/mol. The van der Waals surface area contributed by atoms with Crippen molar-refractivity contribution in [3.8, 4) is 0 Å². The summed E-state index contributed by atoms with van der Waals surface area (Å²) in [6.45, 7) is -1.02. The molecular weight excluding hydrogens is 471 g/mol. The molecule has 162 valence electrons. The first-order valence-corrected chi connectivity index (χ1v) is 11.3. The Morgan fingerprint density at radius 2 is 1.69 bits per heavy atom. The molecule has 0 bridgehead atoms. The van der Waals surface area contributed by atoms with Crippen LogP contribution in [0.25, 0.3) is 20.9 Å². The van der Waals surface area contributed by atoms with Crippen molar-refractivity contribution in [1.82, 2.24) is 0 Å². The minimum absolute atomic E-state index is 0.308. The summed E-state index contributed by atoms with van der Waals surface area (Å²) in [5, 5.41) is 5.01. The van der Waals surface area contributed by atoms with Crippen LogP contribution in [0.4, 0.5) is 4.39 Å². The zero-order valence-electron chi connectivity index (χ0n) is 13.7. The lowest BCUT2D eigenvalue weighted by Crippen LogP contribution is -2.35. The zero-order chi connectivity index (χ0) is 22.5. The molecule has 4 N–H and O–H groups in total. The molecule has 1 rings (SSSR count). The Labute approximate surface area is 161 Å². The second-order valence-corrected chi connectivity index (χ2v) is 9.32. The van der Waals surface area contributed by atoms with Crippen LogP contribution in [0.2, 0.25) is 0 Å². The van der Waals surface area contributed by atoms with Gasteiger partial charge in [0.2, 0.25) is 0 Å². The van der Waals surface area contributed by atoms with Gasteiger partial charge in [-0.25, -0.2) is 13.7 Å². The van der Waals surface area contributed by atoms with Gasteiger partial charge in [0, 0.05) is 15.8 Å². The van der Waals surface area contributed by atoms with Crippen LogP contribution in [0, 0.1) is 0 Å². The van der Waals surface area contributed by atoms with Gasteiger partial charge in [-0.1, -0.05) is 0 Å². The third-order valence-electron chi connectivity index (χ3n) is 2.68. The molecule has 5 atom stereocenters. The van der Waals surface area contributed by atoms with E-state index in [9.17, 15) is 23.0 Å². The maximum atomic E-state index is 14.1. The number of hydrogen-bond acceptors (Lipinski definition) is 10. The lowest BCUT2D eigenvalue weighted by atomic mass is 9.96. The number of hydrogen-bond donors (Lipinski definition) is 4. The molecule has 3 unspecified atom stereocenters. The van der Waals surface area contributed by atoms with Crippen molar-refractivity contribution in [1.29, 1.82) is 0 Å². The van der Waals surface area contributed by atoms with E-state index in [1.54, 1.807) is 0 Å². The Kier molecular flexibility index (Phi) is 8.81. The molecular formula is C6H11BFN6O12P3. The molecule has 0 spiro atoms. The molecule has 1 saturated heterocycles. The van der Waals surface area contributed by atoms with E-state index in [0.29, 0.717) is 0 Å². The molecule has 0 amide bonds. The number of phosphoric acid groups is 3. The van der Waals surface area contributed by atoms with Gasteiger partial charge in [0.15, 0.2) is 0 Å². The van der Waals surface area contributed by atoms with Gasteiger partial charge in [-0.3, -0.25) is 4.52 Å². The van der Waals surface area contributed by atoms with E-state index in [1.807, 2.05) is 0 Å². The number of azide groups is 1. The van der Waals surface area contributed by atoms with Gasteiger partial charge < -0.3 is 29.0 Å². The van der Waals surface area contributed by atoms with E-state index >= 15 is 0 Å². The molecule has 0 aromatic carbocycles. The van der Waals surface area contributed by atoms with E-state index in [1.165, 1.54) is 0 Å². The van der Waals surface area contributed by atoms with Crippen molar-refractivity contribution in [3.63, 3.8) is 0 Å². The van der Waals surface area contributed by atoms with Crippen LogP contribution in [0.1, 0.15) is 6.42 Å². The summed E-state index contributed by atoms with van der Waals surface area (Å²) >= 11 is 0. The van der Waals surface area contributed by atoms with Crippen molar-refractivity contribution >= 4 is 31.3 Å².